The second kappa shape index (κ2) is 6.82. The van der Waals surface area contributed by atoms with Crippen LogP contribution in [-0.4, -0.2) is 37.1 Å². The Labute approximate surface area is 132 Å². The van der Waals surface area contributed by atoms with Crippen molar-refractivity contribution < 1.29 is 9.32 Å². The van der Waals surface area contributed by atoms with Gasteiger partial charge in [-0.15, -0.1) is 0 Å². The zero-order chi connectivity index (χ0) is 16.1. The fourth-order valence-electron chi connectivity index (χ4n) is 1.99. The van der Waals surface area contributed by atoms with E-state index in [4.69, 9.17) is 4.52 Å². The van der Waals surface area contributed by atoms with Gasteiger partial charge in [-0.3, -0.25) is 9.78 Å². The fraction of sp³-hybridized carbons (Fsp3) is 0.267. The minimum atomic E-state index is -0.0543. The van der Waals surface area contributed by atoms with Crippen LogP contribution in [0, 0.1) is 0 Å². The quantitative estimate of drug-likeness (QED) is 0.741. The number of carbonyl (C=O) groups is 1. The first-order chi connectivity index (χ1) is 11.3. The molecule has 0 saturated heterocycles. The second-order valence-electron chi connectivity index (χ2n) is 4.94. The number of imidazole rings is 1. The normalized spacial score (nSPS) is 10.7. The summed E-state index contributed by atoms with van der Waals surface area (Å²) in [5, 5.41) is 6.73. The van der Waals surface area contributed by atoms with Crippen LogP contribution >= 0.6 is 0 Å². The Morgan fingerprint density at radius 3 is 2.96 bits per heavy atom. The Morgan fingerprint density at radius 2 is 2.17 bits per heavy atom. The molecular weight excluding hydrogens is 296 g/mol. The lowest BCUT2D eigenvalue weighted by molar-refractivity contribution is -0.121. The number of pyridine rings is 1. The van der Waals surface area contributed by atoms with Crippen molar-refractivity contribution in [3.05, 3.63) is 37.1 Å². The van der Waals surface area contributed by atoms with E-state index in [-0.39, 0.29) is 12.5 Å². The van der Waals surface area contributed by atoms with E-state index in [1.165, 1.54) is 0 Å². The van der Waals surface area contributed by atoms with Gasteiger partial charge in [-0.1, -0.05) is 12.1 Å². The van der Waals surface area contributed by atoms with Crippen LogP contribution in [-0.2, 0) is 11.3 Å². The smallest absolute Gasteiger partial charge is 0.258 e. The Bertz CT molecular complexity index is 780. The molecular formula is C15H16N6O2. The molecule has 0 atom stereocenters. The third kappa shape index (κ3) is 3.60. The van der Waals surface area contributed by atoms with E-state index < -0.39 is 0 Å². The van der Waals surface area contributed by atoms with Crippen molar-refractivity contribution in [1.29, 1.82) is 0 Å². The van der Waals surface area contributed by atoms with E-state index >= 15 is 0 Å². The summed E-state index contributed by atoms with van der Waals surface area (Å²) in [6, 6.07) is 3.57. The molecule has 0 bridgehead atoms. The monoisotopic (exact) mass is 312 g/mol. The minimum Gasteiger partial charge on any atom is -0.355 e. The lowest BCUT2D eigenvalue weighted by Crippen LogP contribution is -2.27. The standard InChI is InChI=1S/C15H16N6O2/c1-2-5-17-13(22)9-21-8-12(18-10-21)14-19-15(23-20-14)11-3-6-16-7-4-11/h3-4,6-8,10H,2,5,9H2,1H3,(H,17,22). The van der Waals surface area contributed by atoms with Gasteiger partial charge in [0.25, 0.3) is 5.89 Å². The first-order valence-electron chi connectivity index (χ1n) is 7.29. The lowest BCUT2D eigenvalue weighted by atomic mass is 10.3. The molecule has 0 unspecified atom stereocenters. The van der Waals surface area contributed by atoms with Gasteiger partial charge in [-0.05, 0) is 18.6 Å². The average Bonchev–Trinajstić information content (AvgIpc) is 3.23. The molecule has 0 aliphatic rings. The number of aromatic nitrogens is 5. The molecule has 0 aliphatic carbocycles. The van der Waals surface area contributed by atoms with Crippen molar-refractivity contribution in [2.24, 2.45) is 0 Å². The van der Waals surface area contributed by atoms with Gasteiger partial charge in [0, 0.05) is 30.7 Å². The number of nitrogens with zero attached hydrogens (tertiary/aromatic N) is 5. The summed E-state index contributed by atoms with van der Waals surface area (Å²) >= 11 is 0. The average molecular weight is 312 g/mol. The summed E-state index contributed by atoms with van der Waals surface area (Å²) in [7, 11) is 0. The van der Waals surface area contributed by atoms with Gasteiger partial charge in [-0.2, -0.15) is 4.98 Å². The van der Waals surface area contributed by atoms with E-state index in [0.717, 1.165) is 12.0 Å². The van der Waals surface area contributed by atoms with Crippen LogP contribution in [0.25, 0.3) is 23.0 Å². The molecule has 0 saturated carbocycles. The van der Waals surface area contributed by atoms with Crippen molar-refractivity contribution in [3.8, 4) is 23.0 Å². The number of rotatable bonds is 6. The highest BCUT2D eigenvalue weighted by atomic mass is 16.5. The summed E-state index contributed by atoms with van der Waals surface area (Å²) in [6.07, 6.45) is 7.50. The molecule has 1 amide bonds. The third-order valence-electron chi connectivity index (χ3n) is 3.11. The molecule has 0 fully saturated rings. The Morgan fingerprint density at radius 1 is 1.35 bits per heavy atom. The molecule has 23 heavy (non-hydrogen) atoms. The molecule has 0 aliphatic heterocycles. The number of hydrogen-bond acceptors (Lipinski definition) is 6. The Balaban J connectivity index is 1.71. The molecule has 3 aromatic rings. The van der Waals surface area contributed by atoms with Crippen molar-refractivity contribution in [2.75, 3.05) is 6.54 Å². The van der Waals surface area contributed by atoms with Crippen LogP contribution in [0.5, 0.6) is 0 Å². The molecule has 8 nitrogen and oxygen atoms in total. The molecule has 8 heteroatoms. The number of carbonyl (C=O) groups excluding carboxylic acids is 1. The van der Waals surface area contributed by atoms with Gasteiger partial charge in [0.05, 0.1) is 6.33 Å². The number of amides is 1. The van der Waals surface area contributed by atoms with Crippen LogP contribution in [0.2, 0.25) is 0 Å². The van der Waals surface area contributed by atoms with Gasteiger partial charge in [0.2, 0.25) is 11.7 Å². The summed E-state index contributed by atoms with van der Waals surface area (Å²) in [5.41, 5.74) is 1.34. The topological polar surface area (TPSA) is 98.7 Å². The first kappa shape index (κ1) is 14.9. The van der Waals surface area contributed by atoms with Crippen LogP contribution in [0.3, 0.4) is 0 Å². The first-order valence-corrected chi connectivity index (χ1v) is 7.29. The maximum atomic E-state index is 11.7. The van der Waals surface area contributed by atoms with Crippen LogP contribution in [0.1, 0.15) is 13.3 Å². The van der Waals surface area contributed by atoms with E-state index in [9.17, 15) is 4.79 Å². The van der Waals surface area contributed by atoms with Gasteiger partial charge in [0.15, 0.2) is 0 Å². The second-order valence-corrected chi connectivity index (χ2v) is 4.94. The Hall–Kier alpha value is -3.03. The number of hydrogen-bond donors (Lipinski definition) is 1. The molecule has 0 radical (unpaired) electrons. The molecule has 0 aromatic carbocycles. The van der Waals surface area contributed by atoms with Crippen molar-refractivity contribution in [1.82, 2.24) is 30.0 Å². The highest BCUT2D eigenvalue weighted by molar-refractivity contribution is 5.75. The van der Waals surface area contributed by atoms with Crippen molar-refractivity contribution in [3.63, 3.8) is 0 Å². The van der Waals surface area contributed by atoms with Crippen molar-refractivity contribution >= 4 is 5.91 Å². The van der Waals surface area contributed by atoms with Gasteiger partial charge in [-0.25, -0.2) is 4.98 Å². The molecule has 3 rings (SSSR count). The van der Waals surface area contributed by atoms with E-state index in [1.54, 1.807) is 41.6 Å². The zero-order valence-corrected chi connectivity index (χ0v) is 12.6. The summed E-state index contributed by atoms with van der Waals surface area (Å²) in [4.78, 5) is 24.2. The van der Waals surface area contributed by atoms with E-state index in [1.807, 2.05) is 6.92 Å². The highest BCUT2D eigenvalue weighted by Gasteiger charge is 2.13. The molecule has 0 spiro atoms. The van der Waals surface area contributed by atoms with Crippen LogP contribution in [0.4, 0.5) is 0 Å². The summed E-state index contributed by atoms with van der Waals surface area (Å²) in [6.45, 7) is 2.88. The predicted octanol–water partition coefficient (Wildman–Crippen LogP) is 1.52. The maximum Gasteiger partial charge on any atom is 0.258 e. The van der Waals surface area contributed by atoms with E-state index in [0.29, 0.717) is 24.0 Å². The number of nitrogens with one attached hydrogen (secondary N) is 1. The van der Waals surface area contributed by atoms with Crippen LogP contribution < -0.4 is 5.32 Å². The lowest BCUT2D eigenvalue weighted by Gasteiger charge is -2.03. The molecule has 3 heterocycles. The minimum absolute atomic E-state index is 0.0543. The SMILES string of the molecule is CCCNC(=O)Cn1cnc(-c2noc(-c3ccncc3)n2)c1. The maximum absolute atomic E-state index is 11.7. The fourth-order valence-corrected chi connectivity index (χ4v) is 1.99. The summed E-state index contributed by atoms with van der Waals surface area (Å²) in [5.74, 6) is 0.726. The van der Waals surface area contributed by atoms with Crippen molar-refractivity contribution in [2.45, 2.75) is 19.9 Å². The van der Waals surface area contributed by atoms with Gasteiger partial charge in [0.1, 0.15) is 12.2 Å². The molecule has 118 valence electrons. The summed E-state index contributed by atoms with van der Waals surface area (Å²) < 4.78 is 6.91. The van der Waals surface area contributed by atoms with E-state index in [2.05, 4.69) is 25.4 Å². The zero-order valence-electron chi connectivity index (χ0n) is 12.6. The molecule has 1 N–H and O–H groups in total. The van der Waals surface area contributed by atoms with Crippen LogP contribution in [0.15, 0.2) is 41.6 Å². The van der Waals surface area contributed by atoms with Gasteiger partial charge >= 0.3 is 0 Å². The third-order valence-corrected chi connectivity index (χ3v) is 3.11. The highest BCUT2D eigenvalue weighted by Crippen LogP contribution is 2.20. The largest absolute Gasteiger partial charge is 0.355 e. The molecule has 3 aromatic heterocycles. The van der Waals surface area contributed by atoms with Gasteiger partial charge < -0.3 is 14.4 Å². The Kier molecular flexibility index (Phi) is 4.41. The predicted molar refractivity (Wildman–Crippen MR) is 82.1 cm³/mol.